The van der Waals surface area contributed by atoms with Crippen LogP contribution in [0, 0.1) is 0 Å². The number of allylic oxidation sites excluding steroid dienone is 2. The van der Waals surface area contributed by atoms with Crippen LogP contribution in [0.15, 0.2) is 12.2 Å². The Morgan fingerprint density at radius 3 is 1.38 bits per heavy atom. The summed E-state index contributed by atoms with van der Waals surface area (Å²) in [5.41, 5.74) is 0. The van der Waals surface area contributed by atoms with Crippen molar-refractivity contribution in [1.82, 2.24) is 0 Å². The van der Waals surface area contributed by atoms with Gasteiger partial charge in [0.1, 0.15) is 12.7 Å². The number of unbranched alkanes of at least 4 members (excludes halogenated alkanes) is 25. The van der Waals surface area contributed by atoms with Crippen molar-refractivity contribution in [3.63, 3.8) is 0 Å². The van der Waals surface area contributed by atoms with Gasteiger partial charge in [0, 0.05) is 12.8 Å². The molecule has 0 aromatic heterocycles. The second-order valence-electron chi connectivity index (χ2n) is 14.7. The zero-order chi connectivity index (χ0) is 39.1. The van der Waals surface area contributed by atoms with Gasteiger partial charge in [0.15, 0.2) is 6.10 Å². The number of phosphoric ester groups is 1. The minimum absolute atomic E-state index is 0.188. The van der Waals surface area contributed by atoms with Crippen molar-refractivity contribution in [2.24, 2.45) is 0 Å². The van der Waals surface area contributed by atoms with Crippen molar-refractivity contribution >= 4 is 19.8 Å². The number of phosphoric acid groups is 1. The van der Waals surface area contributed by atoms with Gasteiger partial charge in [-0.3, -0.25) is 18.6 Å². The summed E-state index contributed by atoms with van der Waals surface area (Å²) in [6, 6.07) is 0. The Balaban J connectivity index is 4.27. The van der Waals surface area contributed by atoms with Crippen molar-refractivity contribution in [1.29, 1.82) is 0 Å². The van der Waals surface area contributed by atoms with Crippen LogP contribution in [0.2, 0.25) is 0 Å². The molecule has 0 fully saturated rings. The zero-order valence-corrected chi connectivity index (χ0v) is 34.9. The number of hydrogen-bond donors (Lipinski definition) is 3. The highest BCUT2D eigenvalue weighted by Crippen LogP contribution is 2.43. The molecule has 0 amide bonds. The van der Waals surface area contributed by atoms with E-state index >= 15 is 0 Å². The lowest BCUT2D eigenvalue weighted by atomic mass is 10.0. The first-order valence-electron chi connectivity index (χ1n) is 21.6. The van der Waals surface area contributed by atoms with Crippen LogP contribution in [-0.2, 0) is 32.7 Å². The molecule has 0 saturated heterocycles. The molecule has 53 heavy (non-hydrogen) atoms. The third-order valence-electron chi connectivity index (χ3n) is 9.42. The van der Waals surface area contributed by atoms with E-state index < -0.39 is 51.8 Å². The summed E-state index contributed by atoms with van der Waals surface area (Å²) in [7, 11) is -4.61. The molecule has 0 bridgehead atoms. The van der Waals surface area contributed by atoms with Gasteiger partial charge in [0.05, 0.1) is 19.8 Å². The van der Waals surface area contributed by atoms with Gasteiger partial charge in [0.2, 0.25) is 0 Å². The molecule has 3 N–H and O–H groups in total. The number of carbonyl (C=O) groups excluding carboxylic acids is 2. The molecule has 314 valence electrons. The standard InChI is InChI=1S/C42H81O10P/c1-3-5-7-9-11-13-15-17-18-19-20-22-24-26-28-30-32-34-42(46)52-40(38-51-53(47,48)50-36-39(44)35-43)37-49-41(45)33-31-29-27-25-23-21-16-14-12-10-8-6-4-2/h14,16,39-40,43-44H,3-13,15,17-38H2,1-2H3,(H,47,48)/b16-14-/t39-,40+/m0/s1. The average Bonchev–Trinajstić information content (AvgIpc) is 3.14. The second-order valence-corrected chi connectivity index (χ2v) is 16.2. The number of ether oxygens (including phenoxy) is 2. The highest BCUT2D eigenvalue weighted by atomic mass is 31.2. The van der Waals surface area contributed by atoms with Gasteiger partial charge in [-0.25, -0.2) is 4.57 Å². The highest BCUT2D eigenvalue weighted by molar-refractivity contribution is 7.47. The first-order chi connectivity index (χ1) is 25.7. The summed E-state index contributed by atoms with van der Waals surface area (Å²) in [5, 5.41) is 18.3. The quantitative estimate of drug-likeness (QED) is 0.0237. The highest BCUT2D eigenvalue weighted by Gasteiger charge is 2.27. The van der Waals surface area contributed by atoms with Gasteiger partial charge in [-0.2, -0.15) is 0 Å². The SMILES string of the molecule is CCCCCC/C=C\CCCCCCCC(=O)OC[C@H](COP(=O)(O)OC[C@@H](O)CO)OC(=O)CCCCCCCCCCCCCCCCCCC. The third-order valence-corrected chi connectivity index (χ3v) is 10.4. The lowest BCUT2D eigenvalue weighted by Crippen LogP contribution is -2.29. The minimum Gasteiger partial charge on any atom is -0.462 e. The molecule has 0 heterocycles. The fourth-order valence-electron chi connectivity index (χ4n) is 6.05. The van der Waals surface area contributed by atoms with Crippen LogP contribution < -0.4 is 0 Å². The molecular weight excluding hydrogens is 695 g/mol. The van der Waals surface area contributed by atoms with Gasteiger partial charge in [-0.05, 0) is 38.5 Å². The molecule has 0 aliphatic rings. The van der Waals surface area contributed by atoms with Crippen LogP contribution in [0.5, 0.6) is 0 Å². The van der Waals surface area contributed by atoms with E-state index in [-0.39, 0.29) is 19.4 Å². The molecule has 0 aliphatic heterocycles. The van der Waals surface area contributed by atoms with Crippen LogP contribution >= 0.6 is 7.82 Å². The van der Waals surface area contributed by atoms with Crippen LogP contribution in [0.25, 0.3) is 0 Å². The topological polar surface area (TPSA) is 149 Å². The molecule has 0 saturated carbocycles. The molecule has 0 aromatic rings. The van der Waals surface area contributed by atoms with E-state index in [0.29, 0.717) is 12.8 Å². The molecule has 0 aliphatic carbocycles. The summed E-state index contributed by atoms with van der Waals surface area (Å²) in [5.74, 6) is -0.925. The second kappa shape index (κ2) is 39.0. The van der Waals surface area contributed by atoms with Crippen LogP contribution in [-0.4, -0.2) is 65.7 Å². The fourth-order valence-corrected chi connectivity index (χ4v) is 6.84. The summed E-state index contributed by atoms with van der Waals surface area (Å²) in [4.78, 5) is 34.9. The number of aliphatic hydroxyl groups is 2. The number of aliphatic hydroxyl groups excluding tert-OH is 2. The Kier molecular flexibility index (Phi) is 38.0. The van der Waals surface area contributed by atoms with E-state index in [4.69, 9.17) is 19.1 Å². The monoisotopic (exact) mass is 777 g/mol. The molecule has 0 rings (SSSR count). The molecule has 11 heteroatoms. The van der Waals surface area contributed by atoms with E-state index in [9.17, 15) is 24.2 Å². The van der Waals surface area contributed by atoms with E-state index in [1.54, 1.807) is 0 Å². The van der Waals surface area contributed by atoms with Crippen molar-refractivity contribution in [3.05, 3.63) is 12.2 Å². The fraction of sp³-hybridized carbons (Fsp3) is 0.905. The first kappa shape index (κ1) is 51.7. The maximum Gasteiger partial charge on any atom is 0.472 e. The van der Waals surface area contributed by atoms with Gasteiger partial charge in [0.25, 0.3) is 0 Å². The Morgan fingerprint density at radius 1 is 0.547 bits per heavy atom. The summed E-state index contributed by atoms with van der Waals surface area (Å²) in [6.45, 7) is 2.38. The smallest absolute Gasteiger partial charge is 0.462 e. The molecule has 1 unspecified atom stereocenters. The largest absolute Gasteiger partial charge is 0.472 e. The molecule has 10 nitrogen and oxygen atoms in total. The maximum atomic E-state index is 12.6. The Morgan fingerprint density at radius 2 is 0.925 bits per heavy atom. The molecular formula is C42H81O10P. The number of rotatable bonds is 41. The zero-order valence-electron chi connectivity index (χ0n) is 34.0. The Labute approximate surface area is 324 Å². The normalized spacial score (nSPS) is 14.0. The molecule has 3 atom stereocenters. The van der Waals surface area contributed by atoms with Crippen molar-refractivity contribution < 1.29 is 47.8 Å². The van der Waals surface area contributed by atoms with Crippen LogP contribution in [0.3, 0.4) is 0 Å². The first-order valence-corrected chi connectivity index (χ1v) is 23.1. The van der Waals surface area contributed by atoms with Gasteiger partial charge >= 0.3 is 19.8 Å². The Bertz CT molecular complexity index is 899. The number of esters is 2. The van der Waals surface area contributed by atoms with Crippen molar-refractivity contribution in [2.75, 3.05) is 26.4 Å². The van der Waals surface area contributed by atoms with E-state index in [1.807, 2.05) is 0 Å². The maximum absolute atomic E-state index is 12.6. The summed E-state index contributed by atoms with van der Waals surface area (Å²) < 4.78 is 32.7. The van der Waals surface area contributed by atoms with E-state index in [2.05, 4.69) is 30.5 Å². The summed E-state index contributed by atoms with van der Waals surface area (Å²) in [6.07, 6.45) is 36.0. The summed E-state index contributed by atoms with van der Waals surface area (Å²) >= 11 is 0. The average molecular weight is 777 g/mol. The predicted molar refractivity (Wildman–Crippen MR) is 215 cm³/mol. The lowest BCUT2D eigenvalue weighted by Gasteiger charge is -2.20. The van der Waals surface area contributed by atoms with E-state index in [1.165, 1.54) is 109 Å². The Hall–Kier alpha value is -1.29. The minimum atomic E-state index is -4.61. The third kappa shape index (κ3) is 38.8. The van der Waals surface area contributed by atoms with Gasteiger partial charge in [-0.1, -0.05) is 167 Å². The molecule has 0 radical (unpaired) electrons. The number of hydrogen-bond acceptors (Lipinski definition) is 9. The van der Waals surface area contributed by atoms with Gasteiger partial charge < -0.3 is 24.6 Å². The van der Waals surface area contributed by atoms with Gasteiger partial charge in [-0.15, -0.1) is 0 Å². The lowest BCUT2D eigenvalue weighted by molar-refractivity contribution is -0.161. The van der Waals surface area contributed by atoms with Crippen LogP contribution in [0.4, 0.5) is 0 Å². The molecule has 0 aromatic carbocycles. The van der Waals surface area contributed by atoms with Crippen molar-refractivity contribution in [2.45, 2.75) is 219 Å². The number of carbonyl (C=O) groups is 2. The van der Waals surface area contributed by atoms with Crippen LogP contribution in [0.1, 0.15) is 206 Å². The van der Waals surface area contributed by atoms with E-state index in [0.717, 1.165) is 57.8 Å². The molecule has 0 spiro atoms. The predicted octanol–water partition coefficient (Wildman–Crippen LogP) is 11.2. The van der Waals surface area contributed by atoms with Crippen molar-refractivity contribution in [3.8, 4) is 0 Å².